The fourth-order valence-electron chi connectivity index (χ4n) is 3.10. The van der Waals surface area contributed by atoms with Crippen LogP contribution in [0.1, 0.15) is 54.3 Å². The number of halogens is 4. The molecule has 0 aliphatic carbocycles. The van der Waals surface area contributed by atoms with Crippen molar-refractivity contribution in [2.24, 2.45) is 0 Å². The molecule has 0 unspecified atom stereocenters. The van der Waals surface area contributed by atoms with E-state index in [1.807, 2.05) is 6.92 Å². The first kappa shape index (κ1) is 19.5. The number of rotatable bonds is 5. The van der Waals surface area contributed by atoms with Crippen LogP contribution in [-0.4, -0.2) is 28.4 Å². The highest BCUT2D eigenvalue weighted by Crippen LogP contribution is 2.46. The van der Waals surface area contributed by atoms with E-state index in [1.165, 1.54) is 0 Å². The Morgan fingerprint density at radius 1 is 1.37 bits per heavy atom. The van der Waals surface area contributed by atoms with Crippen LogP contribution in [0.3, 0.4) is 0 Å². The minimum absolute atomic E-state index is 0.0136. The first-order valence-corrected chi connectivity index (χ1v) is 9.15. The zero-order chi connectivity index (χ0) is 19.6. The molecule has 0 spiro atoms. The summed E-state index contributed by atoms with van der Waals surface area (Å²) in [5.74, 6) is -0.561. The van der Waals surface area contributed by atoms with Crippen LogP contribution in [-0.2, 0) is 0 Å². The predicted octanol–water partition coefficient (Wildman–Crippen LogP) is 4.73. The number of aromatic nitrogens is 2. The van der Waals surface area contributed by atoms with Crippen LogP contribution in [0, 0.1) is 0 Å². The van der Waals surface area contributed by atoms with Crippen molar-refractivity contribution in [2.75, 3.05) is 11.9 Å². The van der Waals surface area contributed by atoms with Gasteiger partial charge in [-0.1, -0.05) is 55.3 Å². The van der Waals surface area contributed by atoms with Crippen molar-refractivity contribution in [3.63, 3.8) is 0 Å². The Kier molecular flexibility index (Phi) is 5.64. The maximum atomic E-state index is 13.7. The second-order valence-electron chi connectivity index (χ2n) is 6.47. The minimum atomic E-state index is -4.52. The first-order chi connectivity index (χ1) is 12.8. The van der Waals surface area contributed by atoms with Crippen molar-refractivity contribution in [1.29, 1.82) is 0 Å². The second-order valence-corrected chi connectivity index (χ2v) is 6.84. The number of alkyl halides is 3. The van der Waals surface area contributed by atoms with E-state index in [9.17, 15) is 18.0 Å². The van der Waals surface area contributed by atoms with Crippen molar-refractivity contribution in [3.8, 4) is 0 Å². The molecule has 0 saturated carbocycles. The second kappa shape index (κ2) is 7.80. The quantitative estimate of drug-likeness (QED) is 0.713. The number of hydrogen-bond acceptors (Lipinski definition) is 3. The van der Waals surface area contributed by atoms with Gasteiger partial charge in [0.05, 0.1) is 6.04 Å². The molecule has 9 heteroatoms. The molecular weight excluding hydrogens is 381 g/mol. The van der Waals surface area contributed by atoms with Crippen LogP contribution >= 0.6 is 11.6 Å². The van der Waals surface area contributed by atoms with Gasteiger partial charge >= 0.3 is 6.18 Å². The van der Waals surface area contributed by atoms with Crippen molar-refractivity contribution in [3.05, 3.63) is 46.6 Å². The number of fused-ring (bicyclic) bond motifs is 1. The van der Waals surface area contributed by atoms with Crippen molar-refractivity contribution >= 4 is 23.3 Å². The van der Waals surface area contributed by atoms with Crippen molar-refractivity contribution < 1.29 is 18.0 Å². The minimum Gasteiger partial charge on any atom is -0.362 e. The maximum Gasteiger partial charge on any atom is 0.410 e. The number of carbonyl (C=O) groups is 1. The molecule has 27 heavy (non-hydrogen) atoms. The third-order valence-electron chi connectivity index (χ3n) is 4.53. The zero-order valence-corrected chi connectivity index (χ0v) is 15.4. The topological polar surface area (TPSA) is 59.0 Å². The molecular formula is C18H20ClF3N4O. The first-order valence-electron chi connectivity index (χ1n) is 8.77. The van der Waals surface area contributed by atoms with Gasteiger partial charge in [0.15, 0.2) is 11.7 Å². The smallest absolute Gasteiger partial charge is 0.362 e. The highest BCUT2D eigenvalue weighted by molar-refractivity contribution is 6.36. The lowest BCUT2D eigenvalue weighted by Crippen LogP contribution is -2.36. The molecule has 1 aliphatic heterocycles. The predicted molar refractivity (Wildman–Crippen MR) is 97.0 cm³/mol. The molecule has 1 amide bonds. The highest BCUT2D eigenvalue weighted by Gasteiger charge is 2.47. The van der Waals surface area contributed by atoms with Gasteiger partial charge in [0.1, 0.15) is 10.8 Å². The Morgan fingerprint density at radius 3 is 2.70 bits per heavy atom. The van der Waals surface area contributed by atoms with E-state index < -0.39 is 24.2 Å². The third kappa shape index (κ3) is 4.05. The molecule has 0 fully saturated rings. The molecule has 1 aromatic heterocycles. The highest BCUT2D eigenvalue weighted by atomic mass is 35.5. The molecule has 1 aromatic carbocycles. The molecule has 5 nitrogen and oxygen atoms in total. The van der Waals surface area contributed by atoms with Gasteiger partial charge in [0.2, 0.25) is 0 Å². The van der Waals surface area contributed by atoms with Gasteiger partial charge in [-0.05, 0) is 12.0 Å². The van der Waals surface area contributed by atoms with E-state index in [2.05, 4.69) is 15.7 Å². The Morgan fingerprint density at radius 2 is 2.07 bits per heavy atom. The van der Waals surface area contributed by atoms with Gasteiger partial charge < -0.3 is 10.6 Å². The van der Waals surface area contributed by atoms with Crippen LogP contribution in [0.15, 0.2) is 30.3 Å². The van der Waals surface area contributed by atoms with Gasteiger partial charge in [0.25, 0.3) is 5.91 Å². The number of carbonyl (C=O) groups excluding carboxylic acids is 1. The number of hydrogen-bond donors (Lipinski definition) is 2. The molecule has 146 valence electrons. The Labute approximate surface area is 159 Å². The normalized spacial score (nSPS) is 19.3. The number of benzene rings is 1. The monoisotopic (exact) mass is 400 g/mol. The molecule has 2 heterocycles. The van der Waals surface area contributed by atoms with Gasteiger partial charge in [-0.25, -0.2) is 4.68 Å². The molecule has 2 N–H and O–H groups in total. The van der Waals surface area contributed by atoms with Crippen LogP contribution in [0.25, 0.3) is 0 Å². The van der Waals surface area contributed by atoms with Crippen LogP contribution in [0.4, 0.5) is 19.0 Å². The number of nitrogens with zero attached hydrogens (tertiary/aromatic N) is 2. The summed E-state index contributed by atoms with van der Waals surface area (Å²) in [7, 11) is 0. The van der Waals surface area contributed by atoms with Crippen molar-refractivity contribution in [2.45, 2.75) is 44.4 Å². The van der Waals surface area contributed by atoms with E-state index in [1.54, 1.807) is 30.3 Å². The summed E-state index contributed by atoms with van der Waals surface area (Å²) in [4.78, 5) is 12.3. The Bertz CT molecular complexity index is 807. The summed E-state index contributed by atoms with van der Waals surface area (Å²) in [6.07, 6.45) is -3.12. The Balaban J connectivity index is 1.96. The summed E-state index contributed by atoms with van der Waals surface area (Å²) >= 11 is 6.24. The van der Waals surface area contributed by atoms with Crippen LogP contribution in [0.2, 0.25) is 5.02 Å². The number of unbranched alkanes of at least 4 members (excludes halogenated alkanes) is 1. The van der Waals surface area contributed by atoms with Gasteiger partial charge in [0, 0.05) is 13.0 Å². The van der Waals surface area contributed by atoms with Crippen molar-refractivity contribution in [1.82, 2.24) is 15.1 Å². The summed E-state index contributed by atoms with van der Waals surface area (Å²) in [5.41, 5.74) is 0.516. The Hall–Kier alpha value is -2.22. The molecule has 1 aliphatic rings. The zero-order valence-electron chi connectivity index (χ0n) is 14.7. The van der Waals surface area contributed by atoms with Gasteiger partial charge in [-0.3, -0.25) is 4.79 Å². The summed E-state index contributed by atoms with van der Waals surface area (Å²) in [6.45, 7) is 2.38. The van der Waals surface area contributed by atoms with E-state index in [0.29, 0.717) is 12.1 Å². The van der Waals surface area contributed by atoms with Gasteiger partial charge in [-0.15, -0.1) is 0 Å². The molecule has 2 atom stereocenters. The SMILES string of the molecule is CCCCNC(=O)c1nn2c(c1Cl)N[C@@H](c1ccccc1)C[C@H]2C(F)(F)F. The van der Waals surface area contributed by atoms with Gasteiger partial charge in [-0.2, -0.15) is 18.3 Å². The fourth-order valence-corrected chi connectivity index (χ4v) is 3.37. The largest absolute Gasteiger partial charge is 0.410 e. The molecule has 0 saturated heterocycles. The lowest BCUT2D eigenvalue weighted by molar-refractivity contribution is -0.173. The number of anilines is 1. The van der Waals surface area contributed by atoms with Crippen LogP contribution < -0.4 is 10.6 Å². The summed E-state index contributed by atoms with van der Waals surface area (Å²) in [6, 6.07) is 6.37. The number of amides is 1. The third-order valence-corrected chi connectivity index (χ3v) is 4.89. The molecule has 3 rings (SSSR count). The molecule has 0 radical (unpaired) electrons. The average Bonchev–Trinajstić information content (AvgIpc) is 2.98. The van der Waals surface area contributed by atoms with E-state index in [0.717, 1.165) is 17.5 Å². The lowest BCUT2D eigenvalue weighted by Gasteiger charge is -2.33. The lowest BCUT2D eigenvalue weighted by atomic mass is 9.97. The maximum absolute atomic E-state index is 13.7. The summed E-state index contributed by atoms with van der Waals surface area (Å²) in [5, 5.41) is 9.45. The fraction of sp³-hybridized carbons (Fsp3) is 0.444. The average molecular weight is 401 g/mol. The van der Waals surface area contributed by atoms with Crippen LogP contribution in [0.5, 0.6) is 0 Å². The van der Waals surface area contributed by atoms with E-state index in [4.69, 9.17) is 11.6 Å². The molecule has 2 aromatic rings. The van der Waals surface area contributed by atoms with E-state index >= 15 is 0 Å². The summed E-state index contributed by atoms with van der Waals surface area (Å²) < 4.78 is 41.8. The molecule has 0 bridgehead atoms. The standard InChI is InChI=1S/C18H20ClF3N4O/c1-2-3-9-23-17(27)15-14(19)16-24-12(11-7-5-4-6-8-11)10-13(18(20,21)22)26(16)25-15/h4-8,12-13,24H,2-3,9-10H2,1H3,(H,23,27)/t12-,13+/m1/s1. The van der Waals surface area contributed by atoms with E-state index in [-0.39, 0.29) is 23.0 Å². The number of nitrogens with one attached hydrogen (secondary N) is 2.